The van der Waals surface area contributed by atoms with Crippen molar-refractivity contribution in [2.75, 3.05) is 21.0 Å². The number of ether oxygens (including phenoxy) is 5. The lowest BCUT2D eigenvalue weighted by Gasteiger charge is -2.29. The molecule has 3 aromatic carbocycles. The molecule has 0 aromatic heterocycles. The highest BCUT2D eigenvalue weighted by Crippen LogP contribution is 2.56. The van der Waals surface area contributed by atoms with Crippen molar-refractivity contribution in [3.05, 3.63) is 76.9 Å². The molecule has 31 heavy (non-hydrogen) atoms. The van der Waals surface area contributed by atoms with Crippen LogP contribution < -0.4 is 23.7 Å². The van der Waals surface area contributed by atoms with Gasteiger partial charge in [-0.15, -0.1) is 0 Å². The summed E-state index contributed by atoms with van der Waals surface area (Å²) in [7, 11) is 3.23. The van der Waals surface area contributed by atoms with Crippen LogP contribution in [0.15, 0.2) is 54.6 Å². The summed E-state index contributed by atoms with van der Waals surface area (Å²) < 4.78 is 28.4. The van der Waals surface area contributed by atoms with Gasteiger partial charge in [-0.2, -0.15) is 0 Å². The van der Waals surface area contributed by atoms with Crippen molar-refractivity contribution in [3.63, 3.8) is 0 Å². The first-order chi connectivity index (χ1) is 15.1. The molecule has 0 N–H and O–H groups in total. The van der Waals surface area contributed by atoms with E-state index in [0.29, 0.717) is 35.0 Å². The molecule has 1 aliphatic carbocycles. The third kappa shape index (κ3) is 2.48. The first-order valence-corrected chi connectivity index (χ1v) is 10.1. The topological polar surface area (TPSA) is 63.2 Å². The number of hydrogen-bond acceptors (Lipinski definition) is 6. The minimum absolute atomic E-state index is 0.0413. The Labute approximate surface area is 179 Å². The Hall–Kier alpha value is -3.67. The standard InChI is InChI=1S/C25H20O6/c1-27-16-6-3-14(4-7-16)23-19-10-21-22(30-13-29-21)11-20(19)31-25(23)12-15-5-8-17(28-2)9-18(15)24(25)26/h3-11,23H,12-13H2,1-2H3/t23-,25-/m0/s1. The Morgan fingerprint density at radius 1 is 0.871 bits per heavy atom. The van der Waals surface area contributed by atoms with Crippen LogP contribution in [-0.4, -0.2) is 32.4 Å². The molecule has 0 saturated carbocycles. The van der Waals surface area contributed by atoms with Crippen LogP contribution in [0.1, 0.15) is 33.0 Å². The van der Waals surface area contributed by atoms with Crippen LogP contribution in [0.25, 0.3) is 0 Å². The summed E-state index contributed by atoms with van der Waals surface area (Å²) in [5, 5.41) is 0. The highest BCUT2D eigenvalue weighted by Gasteiger charge is 2.59. The predicted molar refractivity (Wildman–Crippen MR) is 112 cm³/mol. The lowest BCUT2D eigenvalue weighted by molar-refractivity contribution is 0.0531. The summed E-state index contributed by atoms with van der Waals surface area (Å²) in [4.78, 5) is 13.8. The molecule has 6 nitrogen and oxygen atoms in total. The highest BCUT2D eigenvalue weighted by atomic mass is 16.7. The molecule has 0 saturated heterocycles. The molecule has 2 atom stereocenters. The monoisotopic (exact) mass is 416 g/mol. The number of carbonyl (C=O) groups excluding carboxylic acids is 1. The normalized spacial score (nSPS) is 22.3. The maximum absolute atomic E-state index is 13.8. The number of carbonyl (C=O) groups is 1. The zero-order valence-corrected chi connectivity index (χ0v) is 17.1. The first kappa shape index (κ1) is 18.1. The third-order valence-corrected chi connectivity index (χ3v) is 6.42. The molecule has 2 aliphatic heterocycles. The Morgan fingerprint density at radius 2 is 1.58 bits per heavy atom. The van der Waals surface area contributed by atoms with Gasteiger partial charge in [0, 0.05) is 23.6 Å². The van der Waals surface area contributed by atoms with E-state index in [1.54, 1.807) is 20.3 Å². The fraction of sp³-hybridized carbons (Fsp3) is 0.240. The molecule has 1 spiro atoms. The Morgan fingerprint density at radius 3 is 2.32 bits per heavy atom. The molecular formula is C25H20O6. The zero-order chi connectivity index (χ0) is 21.2. The van der Waals surface area contributed by atoms with Gasteiger partial charge in [-0.1, -0.05) is 18.2 Å². The van der Waals surface area contributed by atoms with Gasteiger partial charge in [0.1, 0.15) is 17.2 Å². The van der Waals surface area contributed by atoms with E-state index in [4.69, 9.17) is 23.7 Å². The van der Waals surface area contributed by atoms with Crippen LogP contribution in [-0.2, 0) is 6.42 Å². The van der Waals surface area contributed by atoms with Gasteiger partial charge in [-0.3, -0.25) is 4.79 Å². The third-order valence-electron chi connectivity index (χ3n) is 6.42. The van der Waals surface area contributed by atoms with E-state index in [9.17, 15) is 4.79 Å². The summed E-state index contributed by atoms with van der Waals surface area (Å²) in [5.41, 5.74) is 2.43. The quantitative estimate of drug-likeness (QED) is 0.640. The highest BCUT2D eigenvalue weighted by molar-refractivity contribution is 6.09. The Bertz CT molecular complexity index is 1220. The van der Waals surface area contributed by atoms with Gasteiger partial charge in [-0.05, 0) is 41.5 Å². The molecule has 3 aromatic rings. The molecule has 0 radical (unpaired) electrons. The lowest BCUT2D eigenvalue weighted by atomic mass is 9.76. The van der Waals surface area contributed by atoms with Gasteiger partial charge in [0.15, 0.2) is 17.1 Å². The maximum Gasteiger partial charge on any atom is 0.231 e. The number of Topliss-reactive ketones (excluding diaryl/α,β-unsaturated/α-hetero) is 1. The molecule has 0 bridgehead atoms. The van der Waals surface area contributed by atoms with Crippen LogP contribution in [0.4, 0.5) is 0 Å². The van der Waals surface area contributed by atoms with Gasteiger partial charge >= 0.3 is 0 Å². The van der Waals surface area contributed by atoms with Crippen LogP contribution >= 0.6 is 0 Å². The predicted octanol–water partition coefficient (Wildman–Crippen LogP) is 4.13. The second-order valence-corrected chi connectivity index (χ2v) is 7.97. The number of hydrogen-bond donors (Lipinski definition) is 0. The molecule has 6 heteroatoms. The smallest absolute Gasteiger partial charge is 0.231 e. The van der Waals surface area contributed by atoms with Gasteiger partial charge < -0.3 is 23.7 Å². The van der Waals surface area contributed by atoms with Crippen molar-refractivity contribution in [2.24, 2.45) is 0 Å². The van der Waals surface area contributed by atoms with Gasteiger partial charge in [0.05, 0.1) is 20.1 Å². The summed E-state index contributed by atoms with van der Waals surface area (Å²) in [5.74, 6) is 3.03. The van der Waals surface area contributed by atoms with E-state index < -0.39 is 5.60 Å². The second kappa shape index (κ2) is 6.41. The molecule has 2 heterocycles. The van der Waals surface area contributed by atoms with Gasteiger partial charge in [0.25, 0.3) is 0 Å². The number of ketones is 1. The van der Waals surface area contributed by atoms with Crippen molar-refractivity contribution < 1.29 is 28.5 Å². The van der Waals surface area contributed by atoms with Crippen LogP contribution in [0, 0.1) is 0 Å². The number of methoxy groups -OCH3 is 2. The molecule has 0 unspecified atom stereocenters. The fourth-order valence-electron chi connectivity index (χ4n) is 4.96. The molecule has 3 aliphatic rings. The molecular weight excluding hydrogens is 396 g/mol. The van der Waals surface area contributed by atoms with Crippen molar-refractivity contribution in [1.29, 1.82) is 0 Å². The Balaban J connectivity index is 1.53. The molecule has 0 amide bonds. The van der Waals surface area contributed by atoms with Crippen molar-refractivity contribution in [2.45, 2.75) is 17.9 Å². The summed E-state index contributed by atoms with van der Waals surface area (Å²) >= 11 is 0. The first-order valence-electron chi connectivity index (χ1n) is 10.1. The minimum Gasteiger partial charge on any atom is -0.497 e. The second-order valence-electron chi connectivity index (χ2n) is 7.97. The van der Waals surface area contributed by atoms with E-state index in [0.717, 1.165) is 22.4 Å². The molecule has 0 fully saturated rings. The zero-order valence-electron chi connectivity index (χ0n) is 17.1. The summed E-state index contributed by atoms with van der Waals surface area (Å²) in [6.45, 7) is 0.181. The van der Waals surface area contributed by atoms with Crippen LogP contribution in [0.3, 0.4) is 0 Å². The van der Waals surface area contributed by atoms with Crippen LogP contribution in [0.5, 0.6) is 28.7 Å². The van der Waals surface area contributed by atoms with Gasteiger partial charge in [0.2, 0.25) is 12.6 Å². The van der Waals surface area contributed by atoms with Crippen LogP contribution in [0.2, 0.25) is 0 Å². The van der Waals surface area contributed by atoms with E-state index >= 15 is 0 Å². The van der Waals surface area contributed by atoms with E-state index in [2.05, 4.69) is 0 Å². The number of fused-ring (bicyclic) bond motifs is 3. The SMILES string of the molecule is COc1ccc([C@H]2c3cc4c(cc3O[C@@]23Cc2ccc(OC)cc2C3=O)OCO4)cc1. The van der Waals surface area contributed by atoms with Gasteiger partial charge in [-0.25, -0.2) is 0 Å². The minimum atomic E-state index is -1.07. The largest absolute Gasteiger partial charge is 0.497 e. The number of rotatable bonds is 3. The lowest BCUT2D eigenvalue weighted by Crippen LogP contribution is -2.44. The summed E-state index contributed by atoms with van der Waals surface area (Å²) in [6, 6.07) is 17.2. The fourth-order valence-corrected chi connectivity index (χ4v) is 4.96. The average Bonchev–Trinajstić information content (AvgIpc) is 3.46. The van der Waals surface area contributed by atoms with Crippen molar-refractivity contribution in [1.82, 2.24) is 0 Å². The van der Waals surface area contributed by atoms with E-state index in [-0.39, 0.29) is 18.5 Å². The van der Waals surface area contributed by atoms with Crippen molar-refractivity contribution in [3.8, 4) is 28.7 Å². The summed E-state index contributed by atoms with van der Waals surface area (Å²) in [6.07, 6.45) is 0.475. The average molecular weight is 416 g/mol. The number of benzene rings is 3. The maximum atomic E-state index is 13.8. The van der Waals surface area contributed by atoms with E-state index in [1.807, 2.05) is 48.5 Å². The Kier molecular flexibility index (Phi) is 3.75. The van der Waals surface area contributed by atoms with E-state index in [1.165, 1.54) is 0 Å². The molecule has 156 valence electrons. The van der Waals surface area contributed by atoms with Crippen molar-refractivity contribution >= 4 is 5.78 Å². The molecule has 6 rings (SSSR count).